The second kappa shape index (κ2) is 24.5. The van der Waals surface area contributed by atoms with Crippen molar-refractivity contribution in [1.29, 1.82) is 0 Å². The van der Waals surface area contributed by atoms with Gasteiger partial charge in [0, 0.05) is 12.3 Å². The van der Waals surface area contributed by atoms with E-state index in [1.54, 1.807) is 0 Å². The predicted octanol–water partition coefficient (Wildman–Crippen LogP) is -3.11. The summed E-state index contributed by atoms with van der Waals surface area (Å²) < 4.78 is 75.5. The maximum absolute atomic E-state index is 12.3. The lowest BCUT2D eigenvalue weighted by Crippen LogP contribution is -2.69. The van der Waals surface area contributed by atoms with Crippen LogP contribution in [0.4, 0.5) is 0 Å². The average molecular weight is 1190 g/mol. The number of fused-ring (bicyclic) bond motifs is 7. The number of rotatable bonds is 13. The molecular formula is C57H92O26. The van der Waals surface area contributed by atoms with Crippen LogP contribution in [0.2, 0.25) is 0 Å². The van der Waals surface area contributed by atoms with E-state index in [0.29, 0.717) is 42.4 Å². The Balaban J connectivity index is 0.868. The topological polar surface area (TPSA) is 394 Å². The van der Waals surface area contributed by atoms with Crippen LogP contribution in [0.3, 0.4) is 0 Å². The van der Waals surface area contributed by atoms with Gasteiger partial charge in [0.05, 0.1) is 50.8 Å². The van der Waals surface area contributed by atoms with Gasteiger partial charge in [0.25, 0.3) is 0 Å². The molecular weight excluding hydrogens is 1100 g/mol. The highest BCUT2D eigenvalue weighted by Gasteiger charge is 2.69. The van der Waals surface area contributed by atoms with Crippen LogP contribution >= 0.6 is 0 Å². The molecule has 0 bridgehead atoms. The molecule has 10 fully saturated rings. The summed E-state index contributed by atoms with van der Waals surface area (Å²) in [5.41, 5.74) is 1.18. The van der Waals surface area contributed by atoms with Crippen molar-refractivity contribution in [2.45, 2.75) is 271 Å². The van der Waals surface area contributed by atoms with Crippen LogP contribution in [0, 0.1) is 46.3 Å². The molecule has 476 valence electrons. The van der Waals surface area contributed by atoms with Crippen molar-refractivity contribution >= 4 is 0 Å². The van der Waals surface area contributed by atoms with Gasteiger partial charge in [-0.05, 0) is 106 Å². The molecule has 26 heteroatoms. The second-order valence-electron chi connectivity index (χ2n) is 26.7. The van der Waals surface area contributed by atoms with Crippen molar-refractivity contribution in [2.24, 2.45) is 46.3 Å². The summed E-state index contributed by atoms with van der Waals surface area (Å²) in [5.74, 6) is 2.05. The molecule has 1 spiro atoms. The van der Waals surface area contributed by atoms with E-state index in [9.17, 15) is 71.5 Å². The summed E-state index contributed by atoms with van der Waals surface area (Å²) in [7, 11) is 0. The molecule has 4 aliphatic carbocycles. The first-order valence-corrected chi connectivity index (χ1v) is 30.3. The van der Waals surface area contributed by atoms with Crippen molar-refractivity contribution in [2.75, 3.05) is 26.4 Å². The summed E-state index contributed by atoms with van der Waals surface area (Å²) in [6, 6.07) is 0. The SMILES string of the molecule is CC1C2[C@@H](C[C@H]3[C@@H]4CC=C5C[C@@H](O[C@@H]6O[C@H](CO)[C@@H](O)[C@H](O[C@@H]7O[C@H](CO)[C@@H](O[C@@H]8O[C@H](CO)[C@@H](O)[C@H](O)[C@H]8O)[C@H](O)[C@H]7O[C@H]7O[C@H](C)[C@@H](O)[C@H](O)[C@@H]7O)[C@H]6O[C@H]6O[C@H](C)[C@@H](O)[C@H](O)[C@@H]6O)CC[C@]5(C)[C@H]4CC[C@]23C)O[C@]12CC[C@@H](C)CO2. The Labute approximate surface area is 482 Å². The van der Waals surface area contributed by atoms with E-state index in [0.717, 1.165) is 51.6 Å². The van der Waals surface area contributed by atoms with E-state index in [2.05, 4.69) is 33.8 Å². The fourth-order valence-electron chi connectivity index (χ4n) is 16.9. The van der Waals surface area contributed by atoms with Gasteiger partial charge in [-0.15, -0.1) is 0 Å². The lowest BCUT2D eigenvalue weighted by Gasteiger charge is -2.59. The van der Waals surface area contributed by atoms with Gasteiger partial charge in [-0.1, -0.05) is 39.3 Å². The van der Waals surface area contributed by atoms with Crippen LogP contribution in [0.1, 0.15) is 99.3 Å². The Kier molecular flexibility index (Phi) is 18.7. The van der Waals surface area contributed by atoms with Crippen LogP contribution in [-0.2, 0) is 56.8 Å². The minimum atomic E-state index is -2.10. The van der Waals surface area contributed by atoms with Gasteiger partial charge >= 0.3 is 0 Å². The molecule has 14 N–H and O–H groups in total. The summed E-state index contributed by atoms with van der Waals surface area (Å²) in [5, 5.41) is 154. The third kappa shape index (κ3) is 11.0. The van der Waals surface area contributed by atoms with Crippen molar-refractivity contribution in [1.82, 2.24) is 0 Å². The fourth-order valence-corrected chi connectivity index (χ4v) is 16.9. The summed E-state index contributed by atoms with van der Waals surface area (Å²) in [4.78, 5) is 0. The summed E-state index contributed by atoms with van der Waals surface area (Å²) in [6.07, 6.45) is -33.9. The largest absolute Gasteiger partial charge is 0.394 e. The van der Waals surface area contributed by atoms with E-state index < -0.39 is 185 Å². The van der Waals surface area contributed by atoms with Gasteiger partial charge < -0.3 is 128 Å². The van der Waals surface area contributed by atoms with Crippen LogP contribution in [-0.4, -0.2) is 269 Å². The molecule has 11 aliphatic rings. The monoisotopic (exact) mass is 1190 g/mol. The van der Waals surface area contributed by atoms with E-state index in [4.69, 9.17) is 56.8 Å². The first-order valence-electron chi connectivity index (χ1n) is 30.3. The highest BCUT2D eigenvalue weighted by atomic mass is 16.8. The average Bonchev–Trinajstić information content (AvgIpc) is 1.66. The molecule has 0 aromatic heterocycles. The number of ether oxygens (including phenoxy) is 12. The molecule has 0 radical (unpaired) electrons. The smallest absolute Gasteiger partial charge is 0.187 e. The molecule has 26 nitrogen and oxygen atoms in total. The molecule has 7 heterocycles. The highest BCUT2D eigenvalue weighted by molar-refractivity contribution is 5.26. The number of hydrogen-bond acceptors (Lipinski definition) is 26. The molecule has 0 aromatic carbocycles. The van der Waals surface area contributed by atoms with E-state index in [1.165, 1.54) is 19.4 Å². The third-order valence-corrected chi connectivity index (χ3v) is 21.9. The third-order valence-electron chi connectivity index (χ3n) is 21.9. The minimum Gasteiger partial charge on any atom is -0.394 e. The Hall–Kier alpha value is -1.30. The molecule has 2 unspecified atom stereocenters. The van der Waals surface area contributed by atoms with Crippen LogP contribution in [0.15, 0.2) is 11.6 Å². The molecule has 11 rings (SSSR count). The van der Waals surface area contributed by atoms with Gasteiger partial charge in [0.1, 0.15) is 110 Å². The Morgan fingerprint density at radius 1 is 0.506 bits per heavy atom. The Morgan fingerprint density at radius 3 is 1.66 bits per heavy atom. The molecule has 3 saturated carbocycles. The molecule has 0 amide bonds. The maximum atomic E-state index is 12.3. The Bertz CT molecular complexity index is 2230. The zero-order valence-electron chi connectivity index (χ0n) is 48.0. The lowest BCUT2D eigenvalue weighted by atomic mass is 9.47. The molecule has 83 heavy (non-hydrogen) atoms. The van der Waals surface area contributed by atoms with Gasteiger partial charge in [-0.2, -0.15) is 0 Å². The summed E-state index contributed by atoms with van der Waals surface area (Å²) >= 11 is 0. The minimum absolute atomic E-state index is 0.107. The first kappa shape index (κ1) is 63.3. The van der Waals surface area contributed by atoms with Crippen LogP contribution in [0.25, 0.3) is 0 Å². The van der Waals surface area contributed by atoms with Crippen molar-refractivity contribution in [3.05, 3.63) is 11.6 Å². The van der Waals surface area contributed by atoms with Gasteiger partial charge in [-0.25, -0.2) is 0 Å². The molecule has 0 aromatic rings. The molecule has 7 aliphatic heterocycles. The molecule has 36 atom stereocenters. The number of allylic oxidation sites excluding steroid dienone is 1. The maximum Gasteiger partial charge on any atom is 0.187 e. The fraction of sp³-hybridized carbons (Fsp3) is 0.965. The zero-order chi connectivity index (χ0) is 59.5. The van der Waals surface area contributed by atoms with Gasteiger partial charge in [0.2, 0.25) is 0 Å². The predicted molar refractivity (Wildman–Crippen MR) is 278 cm³/mol. The van der Waals surface area contributed by atoms with Crippen LogP contribution in [0.5, 0.6) is 0 Å². The quantitative estimate of drug-likeness (QED) is 0.0812. The number of aliphatic hydroxyl groups excluding tert-OH is 14. The van der Waals surface area contributed by atoms with Crippen LogP contribution < -0.4 is 0 Å². The Morgan fingerprint density at radius 2 is 1.05 bits per heavy atom. The lowest BCUT2D eigenvalue weighted by molar-refractivity contribution is -0.413. The number of aliphatic hydroxyl groups is 14. The van der Waals surface area contributed by atoms with Crippen molar-refractivity contribution in [3.63, 3.8) is 0 Å². The summed E-state index contributed by atoms with van der Waals surface area (Å²) in [6.45, 7) is 10.3. The number of hydrogen-bond donors (Lipinski definition) is 14. The van der Waals surface area contributed by atoms with E-state index >= 15 is 0 Å². The standard InChI is InChI=1S/C57H92O26/c1-21-9-14-57(72-20-21)22(2)34-30(83-57)16-29-27-8-7-25-15-26(10-12-55(25,5)28(27)11-13-56(29,34)6)75-54-49(82-51-43(69)40(66)36(62)24(4)74-51)47(38(64)32(18-59)77-54)80-53-48(81-50-42(68)39(65)35(61)23(3)73-50)45(71)46(33(19-60)78-53)79-52-44(70)41(67)37(63)31(17-58)76-52/h7,21-24,26-54,58-71H,8-20H2,1-6H3/t21-,22?,23-,24-,26+,27-,28+,29+,30-,31-,32-,33-,34?,35-,36-,37-,38-,39+,40+,41+,42+,43+,44-,45+,46-,47+,48-,49-,50-,51-,52+,53+,54-,55+,56+,57-/m1/s1. The second-order valence-corrected chi connectivity index (χ2v) is 26.7. The zero-order valence-corrected chi connectivity index (χ0v) is 48.0. The highest BCUT2D eigenvalue weighted by Crippen LogP contribution is 2.71. The van der Waals surface area contributed by atoms with Gasteiger partial charge in [0.15, 0.2) is 37.2 Å². The molecule has 7 saturated heterocycles. The van der Waals surface area contributed by atoms with Gasteiger partial charge in [-0.3, -0.25) is 0 Å². The van der Waals surface area contributed by atoms with Crippen molar-refractivity contribution < 1.29 is 128 Å². The normalized spacial score (nSPS) is 57.3. The van der Waals surface area contributed by atoms with Crippen molar-refractivity contribution in [3.8, 4) is 0 Å². The van der Waals surface area contributed by atoms with E-state index in [-0.39, 0.29) is 22.9 Å². The van der Waals surface area contributed by atoms with E-state index in [1.807, 2.05) is 0 Å². The first-order chi connectivity index (χ1) is 39.4.